The first-order valence-corrected chi connectivity index (χ1v) is 5.68. The summed E-state index contributed by atoms with van der Waals surface area (Å²) in [4.78, 5) is 21.3. The van der Waals surface area contributed by atoms with Crippen molar-refractivity contribution in [1.82, 2.24) is 5.32 Å². The van der Waals surface area contributed by atoms with Crippen LogP contribution in [0.25, 0.3) is 0 Å². The van der Waals surface area contributed by atoms with Gasteiger partial charge in [0.05, 0.1) is 4.83 Å². The van der Waals surface area contributed by atoms with E-state index < -0.39 is 10.8 Å². The highest BCUT2D eigenvalue weighted by Gasteiger charge is 2.15. The molecule has 0 bridgehead atoms. The van der Waals surface area contributed by atoms with Crippen molar-refractivity contribution in [2.75, 3.05) is 6.54 Å². The molecule has 2 N–H and O–H groups in total. The van der Waals surface area contributed by atoms with E-state index in [0.717, 1.165) is 5.56 Å². The van der Waals surface area contributed by atoms with Crippen LogP contribution in [0.3, 0.4) is 0 Å². The maximum atomic E-state index is 11.4. The summed E-state index contributed by atoms with van der Waals surface area (Å²) in [7, 11) is 0. The molecule has 1 rings (SSSR count). The van der Waals surface area contributed by atoms with Crippen molar-refractivity contribution in [2.24, 2.45) is 0 Å². The van der Waals surface area contributed by atoms with Crippen LogP contribution in [-0.2, 0) is 16.0 Å². The number of halogens is 1. The first kappa shape index (κ1) is 12.7. The minimum Gasteiger partial charge on any atom is -0.480 e. The number of nitrogens with one attached hydrogen (secondary N) is 1. The van der Waals surface area contributed by atoms with Gasteiger partial charge < -0.3 is 10.4 Å². The predicted molar refractivity (Wildman–Crippen MR) is 63.5 cm³/mol. The molecule has 0 fully saturated rings. The monoisotopic (exact) mass is 285 g/mol. The molecule has 0 aliphatic carbocycles. The van der Waals surface area contributed by atoms with E-state index in [4.69, 9.17) is 5.11 Å². The van der Waals surface area contributed by atoms with Crippen molar-refractivity contribution in [1.29, 1.82) is 0 Å². The van der Waals surface area contributed by atoms with E-state index >= 15 is 0 Å². The average molecular weight is 286 g/mol. The quantitative estimate of drug-likeness (QED) is 0.799. The van der Waals surface area contributed by atoms with Crippen molar-refractivity contribution in [3.05, 3.63) is 35.9 Å². The molecule has 4 nitrogen and oxygen atoms in total. The standard InChI is InChI=1S/C11H12BrNO3/c12-9(11(16)13-7-10(14)15)6-8-4-2-1-3-5-8/h1-5,9H,6-7H2,(H,13,16)(H,14,15)/t9-/m0/s1. The molecule has 1 aromatic rings. The van der Waals surface area contributed by atoms with Crippen LogP contribution in [0.1, 0.15) is 5.56 Å². The van der Waals surface area contributed by atoms with Gasteiger partial charge in [0.2, 0.25) is 5.91 Å². The second-order valence-electron chi connectivity index (χ2n) is 3.27. The molecule has 1 aromatic carbocycles. The summed E-state index contributed by atoms with van der Waals surface area (Å²) in [5.41, 5.74) is 1.02. The summed E-state index contributed by atoms with van der Waals surface area (Å²) < 4.78 is 0. The van der Waals surface area contributed by atoms with Gasteiger partial charge in [0, 0.05) is 0 Å². The van der Waals surface area contributed by atoms with Gasteiger partial charge >= 0.3 is 5.97 Å². The van der Waals surface area contributed by atoms with Gasteiger partial charge in [-0.3, -0.25) is 9.59 Å². The molecule has 0 radical (unpaired) electrons. The number of carbonyl (C=O) groups excluding carboxylic acids is 1. The van der Waals surface area contributed by atoms with Crippen LogP contribution in [0, 0.1) is 0 Å². The number of carbonyl (C=O) groups is 2. The van der Waals surface area contributed by atoms with Crippen LogP contribution in [0.2, 0.25) is 0 Å². The molecule has 1 atom stereocenters. The number of rotatable bonds is 5. The third-order valence-electron chi connectivity index (χ3n) is 1.96. The second-order valence-corrected chi connectivity index (χ2v) is 4.37. The molecule has 0 aromatic heterocycles. The van der Waals surface area contributed by atoms with Gasteiger partial charge in [-0.2, -0.15) is 0 Å². The summed E-state index contributed by atoms with van der Waals surface area (Å²) in [6.07, 6.45) is 0.534. The lowest BCUT2D eigenvalue weighted by atomic mass is 10.1. The zero-order valence-corrected chi connectivity index (χ0v) is 10.1. The molecule has 0 heterocycles. The Morgan fingerprint density at radius 2 is 1.94 bits per heavy atom. The van der Waals surface area contributed by atoms with Crippen LogP contribution < -0.4 is 5.32 Å². The molecule has 16 heavy (non-hydrogen) atoms. The topological polar surface area (TPSA) is 66.4 Å². The number of carboxylic acids is 1. The van der Waals surface area contributed by atoms with Gasteiger partial charge in [-0.05, 0) is 12.0 Å². The molecule has 86 valence electrons. The Bertz CT molecular complexity index is 367. The Balaban J connectivity index is 2.43. The third kappa shape index (κ3) is 4.44. The minimum atomic E-state index is -1.05. The second kappa shape index (κ2) is 6.27. The number of benzene rings is 1. The molecule has 1 amide bonds. The van der Waals surface area contributed by atoms with Gasteiger partial charge in [0.25, 0.3) is 0 Å². The lowest BCUT2D eigenvalue weighted by Gasteiger charge is -2.09. The van der Waals surface area contributed by atoms with E-state index in [9.17, 15) is 9.59 Å². The van der Waals surface area contributed by atoms with Crippen LogP contribution in [-0.4, -0.2) is 28.4 Å². The SMILES string of the molecule is O=C(O)CNC(=O)[C@@H](Br)Cc1ccccc1. The normalized spacial score (nSPS) is 11.8. The number of aliphatic carboxylic acids is 1. The van der Waals surface area contributed by atoms with Crippen molar-refractivity contribution in [3.8, 4) is 0 Å². The summed E-state index contributed by atoms with van der Waals surface area (Å²) >= 11 is 3.23. The Morgan fingerprint density at radius 1 is 1.31 bits per heavy atom. The largest absolute Gasteiger partial charge is 0.480 e. The van der Waals surface area contributed by atoms with E-state index in [-0.39, 0.29) is 12.5 Å². The summed E-state index contributed by atoms with van der Waals surface area (Å²) in [5.74, 6) is -1.36. The molecule has 0 unspecified atom stereocenters. The third-order valence-corrected chi connectivity index (χ3v) is 2.70. The molecular formula is C11H12BrNO3. The maximum Gasteiger partial charge on any atom is 0.322 e. The van der Waals surface area contributed by atoms with E-state index in [2.05, 4.69) is 21.2 Å². The first-order chi connectivity index (χ1) is 7.59. The lowest BCUT2D eigenvalue weighted by Crippen LogP contribution is -2.35. The number of hydrogen-bond acceptors (Lipinski definition) is 2. The van der Waals surface area contributed by atoms with Gasteiger partial charge in [0.1, 0.15) is 6.54 Å². The molecule has 0 aliphatic heterocycles. The van der Waals surface area contributed by atoms with Crippen molar-refractivity contribution < 1.29 is 14.7 Å². The molecule has 0 saturated carbocycles. The summed E-state index contributed by atoms with van der Waals surface area (Å²) in [6.45, 7) is -0.351. The van der Waals surface area contributed by atoms with E-state index in [1.54, 1.807) is 0 Å². The maximum absolute atomic E-state index is 11.4. The van der Waals surface area contributed by atoms with Gasteiger partial charge in [-0.1, -0.05) is 46.3 Å². The fourth-order valence-corrected chi connectivity index (χ4v) is 1.72. The first-order valence-electron chi connectivity index (χ1n) is 4.77. The summed E-state index contributed by atoms with van der Waals surface area (Å²) in [5, 5.41) is 10.7. The lowest BCUT2D eigenvalue weighted by molar-refractivity contribution is -0.137. The van der Waals surface area contributed by atoms with Crippen LogP contribution in [0.4, 0.5) is 0 Å². The molecule has 5 heteroatoms. The molecular weight excluding hydrogens is 274 g/mol. The predicted octanol–water partition coefficient (Wildman–Crippen LogP) is 1.19. The highest BCUT2D eigenvalue weighted by molar-refractivity contribution is 9.10. The van der Waals surface area contributed by atoms with Crippen molar-refractivity contribution in [3.63, 3.8) is 0 Å². The average Bonchev–Trinajstić information content (AvgIpc) is 2.27. The Hall–Kier alpha value is -1.36. The fourth-order valence-electron chi connectivity index (χ4n) is 1.19. The van der Waals surface area contributed by atoms with E-state index in [1.807, 2.05) is 30.3 Å². The minimum absolute atomic E-state index is 0.314. The van der Waals surface area contributed by atoms with Crippen LogP contribution in [0.15, 0.2) is 30.3 Å². The molecule has 0 spiro atoms. The number of carboxylic acid groups (broad SMARTS) is 1. The Labute approximate surface area is 102 Å². The highest BCUT2D eigenvalue weighted by atomic mass is 79.9. The van der Waals surface area contributed by atoms with E-state index in [0.29, 0.717) is 6.42 Å². The summed E-state index contributed by atoms with van der Waals surface area (Å²) in [6, 6.07) is 9.52. The Morgan fingerprint density at radius 3 is 2.50 bits per heavy atom. The van der Waals surface area contributed by atoms with Gasteiger partial charge in [0.15, 0.2) is 0 Å². The van der Waals surface area contributed by atoms with Crippen LogP contribution in [0.5, 0.6) is 0 Å². The zero-order chi connectivity index (χ0) is 12.0. The Kier molecular flexibility index (Phi) is 4.98. The van der Waals surface area contributed by atoms with Gasteiger partial charge in [-0.15, -0.1) is 0 Å². The van der Waals surface area contributed by atoms with Gasteiger partial charge in [-0.25, -0.2) is 0 Å². The number of hydrogen-bond donors (Lipinski definition) is 2. The molecule has 0 aliphatic rings. The number of amides is 1. The smallest absolute Gasteiger partial charge is 0.322 e. The fraction of sp³-hybridized carbons (Fsp3) is 0.273. The van der Waals surface area contributed by atoms with E-state index in [1.165, 1.54) is 0 Å². The zero-order valence-electron chi connectivity index (χ0n) is 8.52. The van der Waals surface area contributed by atoms with Crippen LogP contribution >= 0.6 is 15.9 Å². The van der Waals surface area contributed by atoms with Crippen molar-refractivity contribution in [2.45, 2.75) is 11.2 Å². The van der Waals surface area contributed by atoms with Crippen molar-refractivity contribution >= 4 is 27.8 Å². The highest BCUT2D eigenvalue weighted by Crippen LogP contribution is 2.09. The molecule has 0 saturated heterocycles. The number of alkyl halides is 1.